The molecule has 0 bridgehead atoms. The van der Waals surface area contributed by atoms with Crippen molar-refractivity contribution in [2.75, 3.05) is 0 Å². The van der Waals surface area contributed by atoms with Crippen molar-refractivity contribution in [3.63, 3.8) is 0 Å². The summed E-state index contributed by atoms with van der Waals surface area (Å²) in [6, 6.07) is 2.03. The highest BCUT2D eigenvalue weighted by atomic mass is 79.9. The van der Waals surface area contributed by atoms with Gasteiger partial charge in [-0.1, -0.05) is 20.8 Å². The number of rotatable bonds is 3. The van der Waals surface area contributed by atoms with Crippen LogP contribution in [0.25, 0.3) is 0 Å². The fourth-order valence-corrected chi connectivity index (χ4v) is 4.42. The van der Waals surface area contributed by atoms with Crippen LogP contribution in [0.5, 0.6) is 0 Å². The molecular formula is C16H24BrNOS. The van der Waals surface area contributed by atoms with Crippen LogP contribution in [-0.2, 0) is 11.3 Å². The lowest BCUT2D eigenvalue weighted by molar-refractivity contribution is -0.126. The number of halogens is 1. The van der Waals surface area contributed by atoms with Crippen molar-refractivity contribution >= 4 is 33.2 Å². The monoisotopic (exact) mass is 357 g/mol. The molecule has 2 nitrogen and oxygen atoms in total. The second-order valence-electron chi connectivity index (χ2n) is 6.82. The molecule has 0 atom stereocenters. The number of carbonyl (C=O) groups excluding carboxylic acids is 1. The number of thiophene rings is 1. The van der Waals surface area contributed by atoms with Gasteiger partial charge < -0.3 is 5.32 Å². The van der Waals surface area contributed by atoms with Crippen molar-refractivity contribution in [3.05, 3.63) is 20.8 Å². The van der Waals surface area contributed by atoms with Gasteiger partial charge in [0.2, 0.25) is 5.91 Å². The van der Waals surface area contributed by atoms with Crippen LogP contribution >= 0.6 is 27.3 Å². The molecule has 1 N–H and O–H groups in total. The molecule has 1 aliphatic rings. The number of amides is 1. The molecule has 0 unspecified atom stereocenters. The first kappa shape index (κ1) is 16.0. The Morgan fingerprint density at radius 1 is 1.35 bits per heavy atom. The van der Waals surface area contributed by atoms with Gasteiger partial charge in [-0.3, -0.25) is 4.79 Å². The van der Waals surface area contributed by atoms with E-state index in [2.05, 4.69) is 42.0 Å². The van der Waals surface area contributed by atoms with Crippen LogP contribution in [0.15, 0.2) is 15.9 Å². The van der Waals surface area contributed by atoms with Gasteiger partial charge in [0.05, 0.1) is 6.54 Å². The van der Waals surface area contributed by atoms with Gasteiger partial charge in [-0.2, -0.15) is 0 Å². The highest BCUT2D eigenvalue weighted by molar-refractivity contribution is 9.10. The summed E-state index contributed by atoms with van der Waals surface area (Å²) in [4.78, 5) is 13.4. The van der Waals surface area contributed by atoms with Crippen LogP contribution in [0.4, 0.5) is 0 Å². The molecule has 1 aliphatic carbocycles. The first-order valence-electron chi connectivity index (χ1n) is 7.37. The maximum atomic E-state index is 12.2. The van der Waals surface area contributed by atoms with Gasteiger partial charge in [0.25, 0.3) is 0 Å². The van der Waals surface area contributed by atoms with Gasteiger partial charge >= 0.3 is 0 Å². The van der Waals surface area contributed by atoms with E-state index in [1.54, 1.807) is 11.3 Å². The normalized spacial score (nSPS) is 23.6. The molecule has 1 saturated carbocycles. The van der Waals surface area contributed by atoms with E-state index >= 15 is 0 Å². The summed E-state index contributed by atoms with van der Waals surface area (Å²) in [6.07, 6.45) is 4.45. The third kappa shape index (κ3) is 4.08. The van der Waals surface area contributed by atoms with E-state index in [1.165, 1.54) is 17.7 Å². The van der Waals surface area contributed by atoms with Crippen LogP contribution in [0.1, 0.15) is 51.3 Å². The van der Waals surface area contributed by atoms with Gasteiger partial charge in [-0.25, -0.2) is 0 Å². The highest BCUT2D eigenvalue weighted by Crippen LogP contribution is 2.39. The number of carbonyl (C=O) groups is 1. The Balaban J connectivity index is 1.79. The summed E-state index contributed by atoms with van der Waals surface area (Å²) in [5.41, 5.74) is 0.378. The maximum Gasteiger partial charge on any atom is 0.223 e. The zero-order valence-electron chi connectivity index (χ0n) is 12.5. The predicted octanol–water partition coefficient (Wildman–Crippen LogP) is 4.98. The summed E-state index contributed by atoms with van der Waals surface area (Å²) in [6.45, 7) is 7.58. The Kier molecular flexibility index (Phi) is 5.30. The Labute approximate surface area is 134 Å². The van der Waals surface area contributed by atoms with Crippen LogP contribution in [0.3, 0.4) is 0 Å². The van der Waals surface area contributed by atoms with Crippen LogP contribution < -0.4 is 5.32 Å². The van der Waals surface area contributed by atoms with Gasteiger partial charge in [0.1, 0.15) is 0 Å². The van der Waals surface area contributed by atoms with E-state index in [0.717, 1.165) is 23.2 Å². The quantitative estimate of drug-likeness (QED) is 0.811. The predicted molar refractivity (Wildman–Crippen MR) is 88.8 cm³/mol. The molecule has 1 fully saturated rings. The Morgan fingerprint density at radius 3 is 2.50 bits per heavy atom. The lowest BCUT2D eigenvalue weighted by atomic mass is 9.70. The molecule has 2 rings (SSSR count). The van der Waals surface area contributed by atoms with Crippen LogP contribution in [-0.4, -0.2) is 5.91 Å². The highest BCUT2D eigenvalue weighted by Gasteiger charge is 2.32. The molecule has 4 heteroatoms. The van der Waals surface area contributed by atoms with Crippen LogP contribution in [0, 0.1) is 17.3 Å². The topological polar surface area (TPSA) is 29.1 Å². The van der Waals surface area contributed by atoms with E-state index in [4.69, 9.17) is 0 Å². The zero-order chi connectivity index (χ0) is 14.8. The van der Waals surface area contributed by atoms with Crippen molar-refractivity contribution < 1.29 is 4.79 Å². The lowest BCUT2D eigenvalue weighted by Crippen LogP contribution is -2.35. The van der Waals surface area contributed by atoms with Crippen molar-refractivity contribution in [2.24, 2.45) is 17.3 Å². The SMILES string of the molecule is CC(C)(C)C1CCC(C(=O)NCc2sccc2Br)CC1. The molecular weight excluding hydrogens is 334 g/mol. The van der Waals surface area contributed by atoms with E-state index in [-0.39, 0.29) is 11.8 Å². The molecule has 0 spiro atoms. The number of nitrogens with one attached hydrogen (secondary N) is 1. The Bertz CT molecular complexity index is 455. The number of hydrogen-bond acceptors (Lipinski definition) is 2. The molecule has 0 saturated heterocycles. The summed E-state index contributed by atoms with van der Waals surface area (Å²) in [5, 5.41) is 5.13. The van der Waals surface area contributed by atoms with Crippen molar-refractivity contribution in [1.29, 1.82) is 0 Å². The molecule has 0 radical (unpaired) electrons. The van der Waals surface area contributed by atoms with Gasteiger partial charge in [-0.15, -0.1) is 11.3 Å². The molecule has 1 heterocycles. The summed E-state index contributed by atoms with van der Waals surface area (Å²) in [5.74, 6) is 1.21. The largest absolute Gasteiger partial charge is 0.351 e. The third-order valence-electron chi connectivity index (χ3n) is 4.44. The van der Waals surface area contributed by atoms with Crippen molar-refractivity contribution in [3.8, 4) is 0 Å². The molecule has 1 aromatic heterocycles. The Hall–Kier alpha value is -0.350. The molecule has 0 aromatic carbocycles. The van der Waals surface area contributed by atoms with Crippen molar-refractivity contribution in [2.45, 2.75) is 53.0 Å². The number of hydrogen-bond donors (Lipinski definition) is 1. The third-order valence-corrected chi connectivity index (χ3v) is 6.36. The molecule has 112 valence electrons. The fourth-order valence-electron chi connectivity index (χ4n) is 2.98. The zero-order valence-corrected chi connectivity index (χ0v) is 14.9. The summed E-state index contributed by atoms with van der Waals surface area (Å²) >= 11 is 5.18. The second-order valence-corrected chi connectivity index (χ2v) is 8.68. The lowest BCUT2D eigenvalue weighted by Gasteiger charge is -2.36. The minimum absolute atomic E-state index is 0.215. The summed E-state index contributed by atoms with van der Waals surface area (Å²) < 4.78 is 1.10. The second kappa shape index (κ2) is 6.61. The summed E-state index contributed by atoms with van der Waals surface area (Å²) in [7, 11) is 0. The van der Waals surface area contributed by atoms with E-state index in [1.807, 2.05) is 11.4 Å². The minimum atomic E-state index is 0.215. The van der Waals surface area contributed by atoms with E-state index < -0.39 is 0 Å². The van der Waals surface area contributed by atoms with Gasteiger partial charge in [0.15, 0.2) is 0 Å². The minimum Gasteiger partial charge on any atom is -0.351 e. The van der Waals surface area contributed by atoms with Gasteiger partial charge in [-0.05, 0) is 64.4 Å². The van der Waals surface area contributed by atoms with Crippen LogP contribution in [0.2, 0.25) is 0 Å². The molecule has 1 amide bonds. The molecule has 1 aromatic rings. The van der Waals surface area contributed by atoms with E-state index in [0.29, 0.717) is 12.0 Å². The maximum absolute atomic E-state index is 12.2. The van der Waals surface area contributed by atoms with E-state index in [9.17, 15) is 4.79 Å². The standard InChI is InChI=1S/C16H24BrNOS/c1-16(2,3)12-6-4-11(5-7-12)15(19)18-10-14-13(17)8-9-20-14/h8-9,11-12H,4-7,10H2,1-3H3,(H,18,19). The van der Waals surface area contributed by atoms with Gasteiger partial charge in [0, 0.05) is 15.3 Å². The fraction of sp³-hybridized carbons (Fsp3) is 0.688. The average Bonchev–Trinajstić information content (AvgIpc) is 2.81. The smallest absolute Gasteiger partial charge is 0.223 e. The van der Waals surface area contributed by atoms with Crippen molar-refractivity contribution in [1.82, 2.24) is 5.32 Å². The first-order valence-corrected chi connectivity index (χ1v) is 9.05. The Morgan fingerprint density at radius 2 is 2.00 bits per heavy atom. The molecule has 0 aliphatic heterocycles. The first-order chi connectivity index (χ1) is 9.38. The molecule has 20 heavy (non-hydrogen) atoms. The average molecular weight is 358 g/mol.